The molecule has 0 saturated carbocycles. The first kappa shape index (κ1) is 13.9. The molecule has 17 heavy (non-hydrogen) atoms. The normalized spacial score (nSPS) is 14.4. The highest BCUT2D eigenvalue weighted by atomic mass is 19.1. The molecule has 0 aliphatic carbocycles. The third kappa shape index (κ3) is 3.68. The molecule has 0 fully saturated rings. The van der Waals surface area contributed by atoms with Gasteiger partial charge in [-0.1, -0.05) is 6.07 Å². The van der Waals surface area contributed by atoms with Crippen molar-refractivity contribution in [3.05, 3.63) is 29.6 Å². The molecule has 0 bridgehead atoms. The summed E-state index contributed by atoms with van der Waals surface area (Å²) in [5.41, 5.74) is 6.18. The Labute approximate surface area is 101 Å². The average molecular weight is 241 g/mol. The highest BCUT2D eigenvalue weighted by Crippen LogP contribution is 2.27. The SMILES string of the molecule is CCOc1ccc(C(C)(N)CCCO)cc1F. The molecule has 0 radical (unpaired) electrons. The third-order valence-electron chi connectivity index (χ3n) is 2.75. The van der Waals surface area contributed by atoms with Gasteiger partial charge in [-0.05, 0) is 44.4 Å². The Kier molecular flexibility index (Phi) is 4.90. The fourth-order valence-electron chi connectivity index (χ4n) is 1.72. The minimum atomic E-state index is -0.631. The lowest BCUT2D eigenvalue weighted by atomic mass is 9.88. The summed E-state index contributed by atoms with van der Waals surface area (Å²) in [5.74, 6) is -0.153. The number of nitrogens with two attached hydrogens (primary N) is 1. The predicted octanol–water partition coefficient (Wildman–Crippen LogP) is 2.17. The van der Waals surface area contributed by atoms with E-state index in [1.807, 2.05) is 13.8 Å². The molecule has 0 aromatic heterocycles. The summed E-state index contributed by atoms with van der Waals surface area (Å²) in [6, 6.07) is 4.77. The number of benzene rings is 1. The van der Waals surface area contributed by atoms with E-state index in [4.69, 9.17) is 15.6 Å². The second kappa shape index (κ2) is 5.98. The Morgan fingerprint density at radius 1 is 1.47 bits per heavy atom. The molecule has 0 aliphatic heterocycles. The molecule has 3 N–H and O–H groups in total. The number of aliphatic hydroxyl groups excluding tert-OH is 1. The van der Waals surface area contributed by atoms with E-state index in [9.17, 15) is 4.39 Å². The van der Waals surface area contributed by atoms with E-state index >= 15 is 0 Å². The molecule has 1 aromatic carbocycles. The lowest BCUT2D eigenvalue weighted by Gasteiger charge is -2.25. The summed E-state index contributed by atoms with van der Waals surface area (Å²) in [7, 11) is 0. The predicted molar refractivity (Wildman–Crippen MR) is 65.4 cm³/mol. The molecule has 0 heterocycles. The van der Waals surface area contributed by atoms with Crippen LogP contribution in [0.2, 0.25) is 0 Å². The molecule has 0 saturated heterocycles. The van der Waals surface area contributed by atoms with Gasteiger partial charge in [0.15, 0.2) is 11.6 Å². The molecule has 3 nitrogen and oxygen atoms in total. The standard InChI is InChI=1S/C13H20FNO2/c1-3-17-12-6-5-10(9-11(12)14)13(2,15)7-4-8-16/h5-6,9,16H,3-4,7-8,15H2,1-2H3. The Morgan fingerprint density at radius 2 is 2.18 bits per heavy atom. The summed E-state index contributed by atoms with van der Waals surface area (Å²) in [5, 5.41) is 8.80. The molecular weight excluding hydrogens is 221 g/mol. The summed E-state index contributed by atoms with van der Waals surface area (Å²) in [6.45, 7) is 4.16. The summed E-state index contributed by atoms with van der Waals surface area (Å²) in [6.07, 6.45) is 1.21. The van der Waals surface area contributed by atoms with Gasteiger partial charge < -0.3 is 15.6 Å². The lowest BCUT2D eigenvalue weighted by Crippen LogP contribution is -2.33. The van der Waals surface area contributed by atoms with Gasteiger partial charge >= 0.3 is 0 Å². The van der Waals surface area contributed by atoms with E-state index in [1.54, 1.807) is 12.1 Å². The van der Waals surface area contributed by atoms with E-state index in [2.05, 4.69) is 0 Å². The molecule has 1 rings (SSSR count). The quantitative estimate of drug-likeness (QED) is 0.802. The maximum Gasteiger partial charge on any atom is 0.165 e. The fourth-order valence-corrected chi connectivity index (χ4v) is 1.72. The largest absolute Gasteiger partial charge is 0.491 e. The number of halogens is 1. The van der Waals surface area contributed by atoms with Crippen molar-refractivity contribution in [2.75, 3.05) is 13.2 Å². The Bertz CT molecular complexity index is 366. The zero-order valence-corrected chi connectivity index (χ0v) is 10.4. The molecule has 1 unspecified atom stereocenters. The van der Waals surface area contributed by atoms with Gasteiger partial charge in [0.25, 0.3) is 0 Å². The lowest BCUT2D eigenvalue weighted by molar-refractivity contribution is 0.265. The number of rotatable bonds is 6. The van der Waals surface area contributed by atoms with Crippen molar-refractivity contribution >= 4 is 0 Å². The van der Waals surface area contributed by atoms with Crippen LogP contribution in [0.4, 0.5) is 4.39 Å². The molecular formula is C13H20FNO2. The van der Waals surface area contributed by atoms with Crippen LogP contribution in [0, 0.1) is 5.82 Å². The number of ether oxygens (including phenoxy) is 1. The first-order chi connectivity index (χ1) is 8.01. The summed E-state index contributed by atoms with van der Waals surface area (Å²) in [4.78, 5) is 0. The third-order valence-corrected chi connectivity index (χ3v) is 2.75. The van der Waals surface area contributed by atoms with E-state index in [1.165, 1.54) is 6.07 Å². The molecule has 0 amide bonds. The van der Waals surface area contributed by atoms with Crippen molar-refractivity contribution in [3.63, 3.8) is 0 Å². The second-order valence-corrected chi connectivity index (χ2v) is 4.32. The number of aliphatic hydroxyl groups is 1. The molecule has 1 atom stereocenters. The van der Waals surface area contributed by atoms with Gasteiger partial charge in [0.1, 0.15) is 0 Å². The zero-order valence-electron chi connectivity index (χ0n) is 10.4. The minimum Gasteiger partial charge on any atom is -0.491 e. The van der Waals surface area contributed by atoms with Gasteiger partial charge in [0.2, 0.25) is 0 Å². The van der Waals surface area contributed by atoms with Gasteiger partial charge in [0, 0.05) is 12.1 Å². The fraction of sp³-hybridized carbons (Fsp3) is 0.538. The van der Waals surface area contributed by atoms with Gasteiger partial charge in [-0.3, -0.25) is 0 Å². The van der Waals surface area contributed by atoms with Crippen molar-refractivity contribution in [1.82, 2.24) is 0 Å². The molecule has 96 valence electrons. The minimum absolute atomic E-state index is 0.0896. The van der Waals surface area contributed by atoms with Crippen molar-refractivity contribution < 1.29 is 14.2 Å². The molecule has 0 spiro atoms. The Balaban J connectivity index is 2.88. The highest BCUT2D eigenvalue weighted by molar-refractivity contribution is 5.33. The second-order valence-electron chi connectivity index (χ2n) is 4.32. The topological polar surface area (TPSA) is 55.5 Å². The van der Waals surface area contributed by atoms with E-state index in [0.717, 1.165) is 0 Å². The van der Waals surface area contributed by atoms with Crippen LogP contribution < -0.4 is 10.5 Å². The molecule has 1 aromatic rings. The number of hydrogen-bond donors (Lipinski definition) is 2. The Hall–Kier alpha value is -1.13. The maximum absolute atomic E-state index is 13.7. The van der Waals surface area contributed by atoms with Gasteiger partial charge in [-0.2, -0.15) is 0 Å². The van der Waals surface area contributed by atoms with Crippen molar-refractivity contribution in [2.24, 2.45) is 5.73 Å². The zero-order chi connectivity index (χ0) is 12.9. The van der Waals surface area contributed by atoms with Crippen molar-refractivity contribution in [3.8, 4) is 5.75 Å². The molecule has 0 aliphatic rings. The summed E-state index contributed by atoms with van der Waals surface area (Å²) < 4.78 is 18.8. The van der Waals surface area contributed by atoms with Gasteiger partial charge in [-0.25, -0.2) is 4.39 Å². The van der Waals surface area contributed by atoms with Gasteiger partial charge in [0.05, 0.1) is 6.61 Å². The van der Waals surface area contributed by atoms with Crippen molar-refractivity contribution in [1.29, 1.82) is 0 Å². The van der Waals surface area contributed by atoms with Crippen LogP contribution >= 0.6 is 0 Å². The maximum atomic E-state index is 13.7. The highest BCUT2D eigenvalue weighted by Gasteiger charge is 2.21. The van der Waals surface area contributed by atoms with Crippen molar-refractivity contribution in [2.45, 2.75) is 32.2 Å². The first-order valence-corrected chi connectivity index (χ1v) is 5.84. The van der Waals surface area contributed by atoms with E-state index in [0.29, 0.717) is 25.0 Å². The molecule has 4 heteroatoms. The average Bonchev–Trinajstić information content (AvgIpc) is 2.29. The van der Waals surface area contributed by atoms with Crippen LogP contribution in [0.25, 0.3) is 0 Å². The summed E-state index contributed by atoms with van der Waals surface area (Å²) >= 11 is 0. The van der Waals surface area contributed by atoms with Crippen LogP contribution in [0.15, 0.2) is 18.2 Å². The van der Waals surface area contributed by atoms with E-state index in [-0.39, 0.29) is 12.4 Å². The van der Waals surface area contributed by atoms with E-state index < -0.39 is 11.4 Å². The van der Waals surface area contributed by atoms with Crippen LogP contribution in [-0.2, 0) is 5.54 Å². The first-order valence-electron chi connectivity index (χ1n) is 5.84. The van der Waals surface area contributed by atoms with Gasteiger partial charge in [-0.15, -0.1) is 0 Å². The number of hydrogen-bond acceptors (Lipinski definition) is 3. The van der Waals surface area contributed by atoms with Crippen LogP contribution in [0.5, 0.6) is 5.75 Å². The van der Waals surface area contributed by atoms with Crippen LogP contribution in [0.3, 0.4) is 0 Å². The monoisotopic (exact) mass is 241 g/mol. The Morgan fingerprint density at radius 3 is 2.71 bits per heavy atom. The van der Waals surface area contributed by atoms with Crippen LogP contribution in [0.1, 0.15) is 32.3 Å². The van der Waals surface area contributed by atoms with Crippen LogP contribution in [-0.4, -0.2) is 18.3 Å². The smallest absolute Gasteiger partial charge is 0.165 e.